The molecule has 2 atom stereocenters. The lowest BCUT2D eigenvalue weighted by Gasteiger charge is -2.36. The molecule has 2 fully saturated rings. The Morgan fingerprint density at radius 1 is 1.20 bits per heavy atom. The molecule has 25 heavy (non-hydrogen) atoms. The summed E-state index contributed by atoms with van der Waals surface area (Å²) < 4.78 is 0. The zero-order valence-electron chi connectivity index (χ0n) is 15.3. The third kappa shape index (κ3) is 3.43. The topological polar surface area (TPSA) is 66.6 Å². The molecule has 2 unspecified atom stereocenters. The van der Waals surface area contributed by atoms with Crippen LogP contribution in [0.25, 0.3) is 0 Å². The number of carbonyl (C=O) groups excluding carboxylic acids is 2. The van der Waals surface area contributed by atoms with Gasteiger partial charge in [-0.2, -0.15) is 0 Å². The van der Waals surface area contributed by atoms with Crippen LogP contribution in [0.1, 0.15) is 38.7 Å². The number of carbonyl (C=O) groups is 2. The van der Waals surface area contributed by atoms with Crippen LogP contribution in [0.15, 0.2) is 30.3 Å². The SMILES string of the molecule is CC(C)N1CCCC(C(=O)N2CCC(C(N)=O)(c3ccccc3)C2)C1. The van der Waals surface area contributed by atoms with E-state index in [1.54, 1.807) is 0 Å². The summed E-state index contributed by atoms with van der Waals surface area (Å²) in [6.07, 6.45) is 2.61. The van der Waals surface area contributed by atoms with E-state index in [2.05, 4.69) is 18.7 Å². The molecular formula is C20H29N3O2. The Bertz CT molecular complexity index is 631. The first-order chi connectivity index (χ1) is 11.9. The van der Waals surface area contributed by atoms with Crippen molar-refractivity contribution in [2.75, 3.05) is 26.2 Å². The molecule has 0 spiro atoms. The Labute approximate surface area is 150 Å². The second-order valence-electron chi connectivity index (χ2n) is 7.75. The maximum absolute atomic E-state index is 13.1. The van der Waals surface area contributed by atoms with Crippen LogP contribution in [-0.2, 0) is 15.0 Å². The van der Waals surface area contributed by atoms with Gasteiger partial charge in [-0.3, -0.25) is 9.59 Å². The Morgan fingerprint density at radius 2 is 1.92 bits per heavy atom. The number of likely N-dealkylation sites (tertiary alicyclic amines) is 2. The summed E-state index contributed by atoms with van der Waals surface area (Å²) in [7, 11) is 0. The highest BCUT2D eigenvalue weighted by atomic mass is 16.2. The van der Waals surface area contributed by atoms with Crippen LogP contribution < -0.4 is 5.73 Å². The van der Waals surface area contributed by atoms with E-state index < -0.39 is 5.41 Å². The summed E-state index contributed by atoms with van der Waals surface area (Å²) in [6, 6.07) is 10.1. The summed E-state index contributed by atoms with van der Waals surface area (Å²) in [5, 5.41) is 0. The highest BCUT2D eigenvalue weighted by Gasteiger charge is 2.47. The standard InChI is InChI=1S/C20H29N3O2/c1-15(2)22-11-6-7-16(13-22)18(24)23-12-10-20(14-23,19(21)25)17-8-4-3-5-9-17/h3-5,8-9,15-16H,6-7,10-14H2,1-2H3,(H2,21,25). The summed E-state index contributed by atoms with van der Waals surface area (Å²) in [5.74, 6) is -0.110. The van der Waals surface area contributed by atoms with Gasteiger partial charge in [0.05, 0.1) is 11.3 Å². The monoisotopic (exact) mass is 343 g/mol. The minimum Gasteiger partial charge on any atom is -0.369 e. The lowest BCUT2D eigenvalue weighted by molar-refractivity contribution is -0.137. The van der Waals surface area contributed by atoms with E-state index in [4.69, 9.17) is 5.73 Å². The Kier molecular flexibility index (Phi) is 5.13. The van der Waals surface area contributed by atoms with Crippen LogP contribution in [0.5, 0.6) is 0 Å². The van der Waals surface area contributed by atoms with E-state index >= 15 is 0 Å². The molecule has 5 nitrogen and oxygen atoms in total. The van der Waals surface area contributed by atoms with E-state index in [-0.39, 0.29) is 17.7 Å². The number of amides is 2. The summed E-state index contributed by atoms with van der Waals surface area (Å²) in [6.45, 7) is 7.25. The molecule has 136 valence electrons. The van der Waals surface area contributed by atoms with Crippen molar-refractivity contribution in [2.45, 2.75) is 44.6 Å². The first-order valence-corrected chi connectivity index (χ1v) is 9.32. The lowest BCUT2D eigenvalue weighted by Crippen LogP contribution is -2.48. The van der Waals surface area contributed by atoms with Crippen LogP contribution in [0.3, 0.4) is 0 Å². The number of rotatable bonds is 4. The highest BCUT2D eigenvalue weighted by molar-refractivity contribution is 5.89. The maximum Gasteiger partial charge on any atom is 0.229 e. The Balaban J connectivity index is 1.75. The normalized spacial score (nSPS) is 27.6. The van der Waals surface area contributed by atoms with Crippen LogP contribution in [0.2, 0.25) is 0 Å². The van der Waals surface area contributed by atoms with E-state index in [0.29, 0.717) is 25.6 Å². The van der Waals surface area contributed by atoms with Gasteiger partial charge in [-0.25, -0.2) is 0 Å². The number of hydrogen-bond donors (Lipinski definition) is 1. The van der Waals surface area contributed by atoms with Crippen molar-refractivity contribution in [2.24, 2.45) is 11.7 Å². The number of piperidine rings is 1. The quantitative estimate of drug-likeness (QED) is 0.906. The summed E-state index contributed by atoms with van der Waals surface area (Å²) in [4.78, 5) is 29.6. The third-order valence-electron chi connectivity index (χ3n) is 5.91. The average molecular weight is 343 g/mol. The van der Waals surface area contributed by atoms with Crippen molar-refractivity contribution in [3.63, 3.8) is 0 Å². The maximum atomic E-state index is 13.1. The first kappa shape index (κ1) is 17.9. The fraction of sp³-hybridized carbons (Fsp3) is 0.600. The minimum atomic E-state index is -0.747. The smallest absolute Gasteiger partial charge is 0.229 e. The van der Waals surface area contributed by atoms with E-state index in [9.17, 15) is 9.59 Å². The van der Waals surface area contributed by atoms with Crippen molar-refractivity contribution < 1.29 is 9.59 Å². The van der Waals surface area contributed by atoms with Gasteiger partial charge in [0.25, 0.3) is 0 Å². The molecule has 2 heterocycles. The first-order valence-electron chi connectivity index (χ1n) is 9.32. The Morgan fingerprint density at radius 3 is 2.56 bits per heavy atom. The van der Waals surface area contributed by atoms with Gasteiger partial charge in [-0.1, -0.05) is 30.3 Å². The number of benzene rings is 1. The molecule has 0 aromatic heterocycles. The van der Waals surface area contributed by atoms with Gasteiger partial charge in [0.1, 0.15) is 0 Å². The molecule has 2 amide bonds. The lowest BCUT2D eigenvalue weighted by atomic mass is 9.79. The third-order valence-corrected chi connectivity index (χ3v) is 5.91. The molecule has 2 aliphatic heterocycles. The molecule has 1 aromatic carbocycles. The van der Waals surface area contributed by atoms with Gasteiger partial charge in [0.15, 0.2) is 0 Å². The van der Waals surface area contributed by atoms with Gasteiger partial charge >= 0.3 is 0 Å². The highest BCUT2D eigenvalue weighted by Crippen LogP contribution is 2.35. The molecule has 1 aromatic rings. The van der Waals surface area contributed by atoms with Gasteiger partial charge < -0.3 is 15.5 Å². The molecular weight excluding hydrogens is 314 g/mol. The number of primary amides is 1. The fourth-order valence-electron chi connectivity index (χ4n) is 4.27. The molecule has 0 radical (unpaired) electrons. The van der Waals surface area contributed by atoms with Crippen molar-refractivity contribution in [3.8, 4) is 0 Å². The largest absolute Gasteiger partial charge is 0.369 e. The van der Waals surface area contributed by atoms with Crippen LogP contribution in [0, 0.1) is 5.92 Å². The van der Waals surface area contributed by atoms with Crippen LogP contribution >= 0.6 is 0 Å². The molecule has 5 heteroatoms. The summed E-state index contributed by atoms with van der Waals surface area (Å²) >= 11 is 0. The predicted molar refractivity (Wildman–Crippen MR) is 97.9 cm³/mol. The molecule has 2 N–H and O–H groups in total. The van der Waals surface area contributed by atoms with Gasteiger partial charge in [0.2, 0.25) is 11.8 Å². The molecule has 2 aliphatic rings. The van der Waals surface area contributed by atoms with Crippen LogP contribution in [-0.4, -0.2) is 53.8 Å². The van der Waals surface area contributed by atoms with Gasteiger partial charge in [-0.15, -0.1) is 0 Å². The van der Waals surface area contributed by atoms with Gasteiger partial charge in [0, 0.05) is 25.7 Å². The van der Waals surface area contributed by atoms with Crippen molar-refractivity contribution in [1.82, 2.24) is 9.80 Å². The fourth-order valence-corrected chi connectivity index (χ4v) is 4.27. The number of nitrogens with two attached hydrogens (primary N) is 1. The number of hydrogen-bond acceptors (Lipinski definition) is 3. The zero-order valence-corrected chi connectivity index (χ0v) is 15.3. The van der Waals surface area contributed by atoms with E-state index in [1.165, 1.54) is 0 Å². The molecule has 3 rings (SSSR count). The zero-order chi connectivity index (χ0) is 18.0. The van der Waals surface area contributed by atoms with Crippen molar-refractivity contribution >= 4 is 11.8 Å². The summed E-state index contributed by atoms with van der Waals surface area (Å²) in [5.41, 5.74) is 5.96. The average Bonchev–Trinajstić information content (AvgIpc) is 3.09. The Hall–Kier alpha value is -1.88. The van der Waals surface area contributed by atoms with E-state index in [1.807, 2.05) is 35.2 Å². The second kappa shape index (κ2) is 7.16. The molecule has 0 saturated carbocycles. The number of nitrogens with zero attached hydrogens (tertiary/aromatic N) is 2. The molecule has 0 bridgehead atoms. The minimum absolute atomic E-state index is 0.0376. The van der Waals surface area contributed by atoms with Crippen molar-refractivity contribution in [3.05, 3.63) is 35.9 Å². The molecule has 0 aliphatic carbocycles. The van der Waals surface area contributed by atoms with Crippen LogP contribution in [0.4, 0.5) is 0 Å². The molecule has 2 saturated heterocycles. The van der Waals surface area contributed by atoms with Crippen molar-refractivity contribution in [1.29, 1.82) is 0 Å². The van der Waals surface area contributed by atoms with E-state index in [0.717, 1.165) is 31.5 Å². The van der Waals surface area contributed by atoms with Gasteiger partial charge in [-0.05, 0) is 45.2 Å². The second-order valence-corrected chi connectivity index (χ2v) is 7.75. The predicted octanol–water partition coefficient (Wildman–Crippen LogP) is 1.76.